The third-order valence-electron chi connectivity index (χ3n) is 2.00. The van der Waals surface area contributed by atoms with Gasteiger partial charge in [0.25, 0.3) is 5.69 Å². The lowest BCUT2D eigenvalue weighted by atomic mass is 10.1. The number of hydrogen-bond acceptors (Lipinski definition) is 7. The number of hydrogen-bond donors (Lipinski definition) is 2. The Balaban J connectivity index is 0.000000300. The van der Waals surface area contributed by atoms with Crippen LogP contribution < -0.4 is 0 Å². The van der Waals surface area contributed by atoms with Gasteiger partial charge in [-0.15, -0.1) is 5.10 Å². The number of aryl methyl sites for hydroxylation is 1. The van der Waals surface area contributed by atoms with Crippen molar-refractivity contribution in [3.63, 3.8) is 0 Å². The molecule has 10 heteroatoms. The highest BCUT2D eigenvalue weighted by molar-refractivity contribution is 5.57. The van der Waals surface area contributed by atoms with Gasteiger partial charge in [0, 0.05) is 17.8 Å². The second-order valence-corrected chi connectivity index (χ2v) is 3.30. The molecule has 1 heterocycles. The average molecular weight is 267 g/mol. The Morgan fingerprint density at radius 3 is 2.32 bits per heavy atom. The summed E-state index contributed by atoms with van der Waals surface area (Å²) < 4.78 is 0. The molecule has 0 bridgehead atoms. The minimum absolute atomic E-state index is 0.103. The van der Waals surface area contributed by atoms with Crippen LogP contribution in [0.2, 0.25) is 0 Å². The Kier molecular flexibility index (Phi) is 4.46. The number of aromatic amines is 1. The highest BCUT2D eigenvalue weighted by atomic mass is 16.6. The Labute approximate surface area is 106 Å². The summed E-state index contributed by atoms with van der Waals surface area (Å²) in [6, 6.07) is 1.80. The van der Waals surface area contributed by atoms with Crippen molar-refractivity contribution >= 4 is 11.4 Å². The molecule has 0 unspecified atom stereocenters. The smallest absolute Gasteiger partial charge is 0.317 e. The summed E-state index contributed by atoms with van der Waals surface area (Å²) >= 11 is 0. The van der Waals surface area contributed by atoms with Crippen LogP contribution in [0.3, 0.4) is 0 Å². The molecular formula is C9H9N5O5. The molecule has 0 aliphatic heterocycles. The molecule has 0 atom stereocenters. The number of aromatic nitrogens is 3. The van der Waals surface area contributed by atoms with Crippen LogP contribution in [-0.2, 0) is 0 Å². The van der Waals surface area contributed by atoms with Gasteiger partial charge >= 0.3 is 5.69 Å². The quantitative estimate of drug-likeness (QED) is 0.615. The first-order valence-electron chi connectivity index (χ1n) is 4.86. The van der Waals surface area contributed by atoms with Crippen LogP contribution in [0, 0.1) is 27.2 Å². The summed E-state index contributed by atoms with van der Waals surface area (Å²) in [4.78, 5) is 19.1. The van der Waals surface area contributed by atoms with E-state index in [2.05, 4.69) is 15.4 Å². The first kappa shape index (κ1) is 14.0. The van der Waals surface area contributed by atoms with Gasteiger partial charge in [-0.3, -0.25) is 25.3 Å². The number of phenolic OH excluding ortho intramolecular Hbond substituents is 1. The first-order valence-corrected chi connectivity index (χ1v) is 4.86. The molecule has 0 aliphatic carbocycles. The molecule has 0 saturated heterocycles. The van der Waals surface area contributed by atoms with Gasteiger partial charge in [-0.25, -0.2) is 0 Å². The number of nitrogens with zero attached hydrogens (tertiary/aromatic N) is 4. The molecule has 1 aromatic carbocycles. The molecule has 0 spiro atoms. The van der Waals surface area contributed by atoms with Crippen LogP contribution >= 0.6 is 0 Å². The lowest BCUT2D eigenvalue weighted by molar-refractivity contribution is -0.394. The fourth-order valence-corrected chi connectivity index (χ4v) is 1.15. The second kappa shape index (κ2) is 6.05. The molecular weight excluding hydrogens is 258 g/mol. The van der Waals surface area contributed by atoms with E-state index in [0.717, 1.165) is 12.1 Å². The Morgan fingerprint density at radius 1 is 1.26 bits per heavy atom. The molecule has 0 fully saturated rings. The average Bonchev–Trinajstić information content (AvgIpc) is 2.90. The zero-order valence-corrected chi connectivity index (χ0v) is 9.68. The van der Waals surface area contributed by atoms with Crippen LogP contribution in [-0.4, -0.2) is 30.4 Å². The van der Waals surface area contributed by atoms with E-state index in [1.807, 2.05) is 0 Å². The fraction of sp³-hybridized carbons (Fsp3) is 0.111. The highest BCUT2D eigenvalue weighted by Gasteiger charge is 2.21. The Bertz CT molecular complexity index is 566. The van der Waals surface area contributed by atoms with Crippen LogP contribution in [0.5, 0.6) is 5.75 Å². The summed E-state index contributed by atoms with van der Waals surface area (Å²) in [7, 11) is 0. The van der Waals surface area contributed by atoms with E-state index >= 15 is 0 Å². The number of phenols is 1. The number of H-pyrrole nitrogens is 1. The second-order valence-electron chi connectivity index (χ2n) is 3.30. The number of nitrogens with one attached hydrogen (secondary N) is 1. The molecule has 2 rings (SSSR count). The SMILES string of the molecule is Cc1cc([N+](=O)[O-])cc([N+](=O)[O-])c1O.c1c[nH]nn1. The molecule has 100 valence electrons. The first-order chi connectivity index (χ1) is 8.93. The van der Waals surface area contributed by atoms with Crippen molar-refractivity contribution in [1.82, 2.24) is 15.4 Å². The van der Waals surface area contributed by atoms with Crippen LogP contribution in [0.4, 0.5) is 11.4 Å². The van der Waals surface area contributed by atoms with Gasteiger partial charge in [-0.2, -0.15) is 0 Å². The predicted molar refractivity (Wildman–Crippen MR) is 62.5 cm³/mol. The van der Waals surface area contributed by atoms with Crippen molar-refractivity contribution in [2.24, 2.45) is 0 Å². The minimum Gasteiger partial charge on any atom is -0.502 e. The molecule has 0 aliphatic rings. The fourth-order valence-electron chi connectivity index (χ4n) is 1.15. The third kappa shape index (κ3) is 3.73. The van der Waals surface area contributed by atoms with E-state index in [-0.39, 0.29) is 5.56 Å². The maximum atomic E-state index is 10.4. The molecule has 10 nitrogen and oxygen atoms in total. The molecule has 0 radical (unpaired) electrons. The van der Waals surface area contributed by atoms with Gasteiger partial charge in [0.05, 0.1) is 22.1 Å². The van der Waals surface area contributed by atoms with E-state index in [9.17, 15) is 25.3 Å². The number of nitro groups is 2. The van der Waals surface area contributed by atoms with E-state index in [1.54, 1.807) is 12.4 Å². The number of nitro benzene ring substituents is 2. The van der Waals surface area contributed by atoms with E-state index in [1.165, 1.54) is 6.92 Å². The van der Waals surface area contributed by atoms with Crippen LogP contribution in [0.25, 0.3) is 0 Å². The van der Waals surface area contributed by atoms with Crippen molar-refractivity contribution in [3.05, 3.63) is 50.3 Å². The van der Waals surface area contributed by atoms with Gasteiger partial charge in [-0.1, -0.05) is 5.21 Å². The number of rotatable bonds is 2. The van der Waals surface area contributed by atoms with Gasteiger partial charge < -0.3 is 5.11 Å². The summed E-state index contributed by atoms with van der Waals surface area (Å²) in [6.07, 6.45) is 3.24. The Hall–Kier alpha value is -3.04. The molecule has 2 aromatic rings. The lowest BCUT2D eigenvalue weighted by Gasteiger charge is -1.99. The minimum atomic E-state index is -0.866. The summed E-state index contributed by atoms with van der Waals surface area (Å²) in [5, 5.41) is 39.2. The maximum Gasteiger partial charge on any atom is 0.317 e. The number of benzene rings is 1. The molecule has 0 saturated carbocycles. The summed E-state index contributed by atoms with van der Waals surface area (Å²) in [5.41, 5.74) is -0.963. The van der Waals surface area contributed by atoms with Gasteiger partial charge in [0.15, 0.2) is 5.75 Å². The van der Waals surface area contributed by atoms with Gasteiger partial charge in [0.2, 0.25) is 0 Å². The van der Waals surface area contributed by atoms with Crippen molar-refractivity contribution in [2.45, 2.75) is 6.92 Å². The standard InChI is InChI=1S/C7H6N2O5.C2H3N3/c1-4-2-5(8(11)12)3-6(7(4)10)9(13)14;1-2-4-5-3-1/h2-3,10H,1H3;1-2H,(H,3,4,5). The zero-order chi connectivity index (χ0) is 14.4. The predicted octanol–water partition coefficient (Wildman–Crippen LogP) is 1.32. The van der Waals surface area contributed by atoms with Crippen LogP contribution in [0.15, 0.2) is 24.5 Å². The van der Waals surface area contributed by atoms with E-state index in [0.29, 0.717) is 0 Å². The largest absolute Gasteiger partial charge is 0.502 e. The van der Waals surface area contributed by atoms with E-state index in [4.69, 9.17) is 0 Å². The molecule has 0 amide bonds. The number of non-ortho nitro benzene ring substituents is 1. The summed E-state index contributed by atoms with van der Waals surface area (Å²) in [6.45, 7) is 1.36. The monoisotopic (exact) mass is 267 g/mol. The normalized spacial score (nSPS) is 9.32. The maximum absolute atomic E-state index is 10.4. The lowest BCUT2D eigenvalue weighted by Crippen LogP contribution is -1.94. The molecule has 19 heavy (non-hydrogen) atoms. The van der Waals surface area contributed by atoms with Crippen molar-refractivity contribution in [1.29, 1.82) is 0 Å². The topological polar surface area (TPSA) is 148 Å². The molecule has 2 N–H and O–H groups in total. The van der Waals surface area contributed by atoms with E-state index < -0.39 is 27.0 Å². The van der Waals surface area contributed by atoms with Crippen LogP contribution in [0.1, 0.15) is 5.56 Å². The van der Waals surface area contributed by atoms with Crippen molar-refractivity contribution < 1.29 is 15.0 Å². The van der Waals surface area contributed by atoms with Gasteiger partial charge in [-0.05, 0) is 6.92 Å². The zero-order valence-electron chi connectivity index (χ0n) is 9.68. The highest BCUT2D eigenvalue weighted by Crippen LogP contribution is 2.33. The van der Waals surface area contributed by atoms with Crippen molar-refractivity contribution in [3.8, 4) is 5.75 Å². The molecule has 1 aromatic heterocycles. The summed E-state index contributed by atoms with van der Waals surface area (Å²) in [5.74, 6) is -0.541. The van der Waals surface area contributed by atoms with Gasteiger partial charge in [0.1, 0.15) is 0 Å². The van der Waals surface area contributed by atoms with Crippen molar-refractivity contribution in [2.75, 3.05) is 0 Å². The number of aromatic hydroxyl groups is 1. The Morgan fingerprint density at radius 2 is 1.95 bits per heavy atom. The third-order valence-corrected chi connectivity index (χ3v) is 2.00.